The maximum atomic E-state index is 11.5. The van der Waals surface area contributed by atoms with E-state index in [1.165, 1.54) is 0 Å². The number of ether oxygens (including phenoxy) is 7. The fraction of sp³-hybridized carbons (Fsp3) is 0.690. The molecule has 0 fully saturated rings. The van der Waals surface area contributed by atoms with Gasteiger partial charge in [-0.3, -0.25) is 14.4 Å². The second-order valence-electron chi connectivity index (χ2n) is 8.58. The van der Waals surface area contributed by atoms with E-state index in [1.54, 1.807) is 0 Å². The molecule has 1 aromatic carbocycles. The average molecular weight is 636 g/mol. The number of nitrogens with two attached hydrogens (primary N) is 3. The van der Waals surface area contributed by atoms with E-state index in [-0.39, 0.29) is 31.8 Å². The number of carbonyl (C=O) groups is 3. The van der Waals surface area contributed by atoms with Crippen LogP contribution in [0.5, 0.6) is 0 Å². The highest BCUT2D eigenvalue weighted by molar-refractivity contribution is 5.69. The molecule has 0 unspecified atom stereocenters. The largest absolute Gasteiger partial charge is 0.481 e. The first-order chi connectivity index (χ1) is 21.4. The van der Waals surface area contributed by atoms with E-state index in [4.69, 9.17) is 60.6 Å². The zero-order valence-electron chi connectivity index (χ0n) is 25.7. The average Bonchev–Trinajstić information content (AvgIpc) is 3.02. The van der Waals surface area contributed by atoms with Gasteiger partial charge < -0.3 is 60.6 Å². The minimum Gasteiger partial charge on any atom is -0.481 e. The Balaban J connectivity index is 0. The molecule has 0 spiro atoms. The first-order valence-electron chi connectivity index (χ1n) is 14.6. The highest BCUT2D eigenvalue weighted by atomic mass is 16.6. The number of carbonyl (C=O) groups excluding carboxylic acids is 1. The lowest BCUT2D eigenvalue weighted by Gasteiger charge is -2.07. The lowest BCUT2D eigenvalue weighted by molar-refractivity contribution is -0.146. The molecule has 1 rings (SSSR count). The topological polar surface area (TPSA) is 234 Å². The Labute approximate surface area is 260 Å². The third-order valence-electron chi connectivity index (χ3n) is 4.76. The smallest absolute Gasteiger partial charge is 0.308 e. The number of esters is 1. The normalized spacial score (nSPS) is 10.2. The quantitative estimate of drug-likeness (QED) is 0.0650. The Morgan fingerprint density at radius 2 is 0.932 bits per heavy atom. The number of carboxylic acid groups (broad SMARTS) is 2. The van der Waals surface area contributed by atoms with Crippen LogP contribution >= 0.6 is 0 Å². The molecule has 0 atom stereocenters. The summed E-state index contributed by atoms with van der Waals surface area (Å²) in [6.07, 6.45) is 1.04. The summed E-state index contributed by atoms with van der Waals surface area (Å²) in [5, 5.41) is 16.3. The second-order valence-corrected chi connectivity index (χ2v) is 8.58. The number of benzene rings is 1. The van der Waals surface area contributed by atoms with Gasteiger partial charge in [-0.25, -0.2) is 0 Å². The minimum atomic E-state index is -0.855. The lowest BCUT2D eigenvalue weighted by Crippen LogP contribution is -2.14. The molecule has 256 valence electrons. The summed E-state index contributed by atoms with van der Waals surface area (Å²) in [5.41, 5.74) is 16.5. The molecule has 44 heavy (non-hydrogen) atoms. The maximum absolute atomic E-state index is 11.5. The van der Waals surface area contributed by atoms with Crippen molar-refractivity contribution in [2.45, 2.75) is 32.3 Å². The molecular formula is C29H53N3O12. The molecule has 0 amide bonds. The van der Waals surface area contributed by atoms with Crippen LogP contribution in [0.2, 0.25) is 0 Å². The van der Waals surface area contributed by atoms with Crippen molar-refractivity contribution < 1.29 is 57.8 Å². The van der Waals surface area contributed by atoms with Crippen LogP contribution in [-0.2, 0) is 54.1 Å². The lowest BCUT2D eigenvalue weighted by atomic mass is 10.2. The third-order valence-corrected chi connectivity index (χ3v) is 4.76. The van der Waals surface area contributed by atoms with E-state index in [1.807, 2.05) is 30.3 Å². The van der Waals surface area contributed by atoms with Gasteiger partial charge in [0.2, 0.25) is 0 Å². The zero-order valence-corrected chi connectivity index (χ0v) is 25.7. The van der Waals surface area contributed by atoms with Crippen LogP contribution in [0, 0.1) is 0 Å². The van der Waals surface area contributed by atoms with E-state index in [9.17, 15) is 14.4 Å². The van der Waals surface area contributed by atoms with Crippen LogP contribution in [0.15, 0.2) is 30.3 Å². The fourth-order valence-corrected chi connectivity index (χ4v) is 2.63. The molecule has 0 aliphatic rings. The molecule has 0 saturated heterocycles. The highest BCUT2D eigenvalue weighted by Crippen LogP contribution is 2.01. The van der Waals surface area contributed by atoms with Crippen molar-refractivity contribution in [3.63, 3.8) is 0 Å². The van der Waals surface area contributed by atoms with Gasteiger partial charge in [0.1, 0.15) is 6.61 Å². The van der Waals surface area contributed by atoms with Gasteiger partial charge in [0.05, 0.1) is 92.1 Å². The summed E-state index contributed by atoms with van der Waals surface area (Å²) in [6, 6.07) is 9.57. The van der Waals surface area contributed by atoms with Crippen LogP contribution in [-0.4, -0.2) is 127 Å². The van der Waals surface area contributed by atoms with Gasteiger partial charge in [-0.2, -0.15) is 0 Å². The number of rotatable bonds is 27. The summed E-state index contributed by atoms with van der Waals surface area (Å²) >= 11 is 0. The van der Waals surface area contributed by atoms with Crippen LogP contribution in [0.25, 0.3) is 0 Å². The Bertz CT molecular complexity index is 775. The van der Waals surface area contributed by atoms with E-state index in [0.29, 0.717) is 105 Å². The predicted molar refractivity (Wildman–Crippen MR) is 162 cm³/mol. The van der Waals surface area contributed by atoms with Gasteiger partial charge in [-0.15, -0.1) is 0 Å². The summed E-state index contributed by atoms with van der Waals surface area (Å²) in [7, 11) is 0. The molecule has 0 heterocycles. The molecule has 0 bridgehead atoms. The summed E-state index contributed by atoms with van der Waals surface area (Å²) in [5.74, 6) is -1.89. The number of carboxylic acids is 2. The van der Waals surface area contributed by atoms with Gasteiger partial charge in [0, 0.05) is 19.5 Å². The first-order valence-corrected chi connectivity index (χ1v) is 14.6. The highest BCUT2D eigenvalue weighted by Gasteiger charge is 2.03. The van der Waals surface area contributed by atoms with Gasteiger partial charge >= 0.3 is 17.9 Å². The molecular weight excluding hydrogens is 582 g/mol. The SMILES string of the molecule is NCCCC(=O)O.NCCOCCOCCOCCC(=O)O.NCCOCCOCCOCCC(=O)OCc1ccccc1. The molecule has 0 aliphatic heterocycles. The Kier molecular flexibility index (Phi) is 36.0. The summed E-state index contributed by atoms with van der Waals surface area (Å²) < 4.78 is 36.1. The molecule has 8 N–H and O–H groups in total. The monoisotopic (exact) mass is 635 g/mol. The summed E-state index contributed by atoms with van der Waals surface area (Å²) in [4.78, 5) is 31.3. The summed E-state index contributed by atoms with van der Waals surface area (Å²) in [6.45, 7) is 7.29. The second kappa shape index (κ2) is 36.5. The fourth-order valence-electron chi connectivity index (χ4n) is 2.63. The Hall–Kier alpha value is -2.73. The van der Waals surface area contributed by atoms with Crippen molar-refractivity contribution in [2.24, 2.45) is 17.2 Å². The van der Waals surface area contributed by atoms with Gasteiger partial charge in [0.25, 0.3) is 0 Å². The minimum absolute atomic E-state index is 0.0274. The van der Waals surface area contributed by atoms with Crippen LogP contribution in [0.4, 0.5) is 0 Å². The number of hydrogen-bond acceptors (Lipinski definition) is 13. The van der Waals surface area contributed by atoms with Gasteiger partial charge in [-0.05, 0) is 18.5 Å². The van der Waals surface area contributed by atoms with Crippen molar-refractivity contribution in [1.82, 2.24) is 0 Å². The molecule has 0 aliphatic carbocycles. The van der Waals surface area contributed by atoms with Crippen molar-refractivity contribution in [2.75, 3.05) is 98.9 Å². The van der Waals surface area contributed by atoms with Crippen molar-refractivity contribution >= 4 is 17.9 Å². The standard InChI is InChI=1S/C16H25NO5.C9H19NO5.C4H9NO2/c17-7-9-20-11-13-21-12-10-19-8-6-16(18)22-14-15-4-2-1-3-5-15;10-2-4-14-6-8-15-7-5-13-3-1-9(11)12;5-3-1-2-4(6)7/h1-5H,6-14,17H2;1-8,10H2,(H,11,12);1-3,5H2,(H,6,7). The van der Waals surface area contributed by atoms with Crippen molar-refractivity contribution in [3.05, 3.63) is 35.9 Å². The van der Waals surface area contributed by atoms with E-state index in [0.717, 1.165) is 5.56 Å². The molecule has 0 saturated carbocycles. The zero-order chi connectivity index (χ0) is 32.9. The third kappa shape index (κ3) is 39.3. The van der Waals surface area contributed by atoms with Gasteiger partial charge in [0.15, 0.2) is 0 Å². The number of aliphatic carboxylic acids is 2. The van der Waals surface area contributed by atoms with E-state index in [2.05, 4.69) is 0 Å². The molecule has 15 nitrogen and oxygen atoms in total. The maximum Gasteiger partial charge on any atom is 0.308 e. The molecule has 0 aromatic heterocycles. The Morgan fingerprint density at radius 1 is 0.523 bits per heavy atom. The van der Waals surface area contributed by atoms with E-state index < -0.39 is 11.9 Å². The molecule has 0 radical (unpaired) electrons. The first kappa shape index (κ1) is 43.4. The van der Waals surface area contributed by atoms with Crippen molar-refractivity contribution in [1.29, 1.82) is 0 Å². The van der Waals surface area contributed by atoms with E-state index >= 15 is 0 Å². The Morgan fingerprint density at radius 3 is 1.32 bits per heavy atom. The van der Waals surface area contributed by atoms with Crippen LogP contribution < -0.4 is 17.2 Å². The number of hydrogen-bond donors (Lipinski definition) is 5. The van der Waals surface area contributed by atoms with Crippen LogP contribution in [0.1, 0.15) is 31.2 Å². The van der Waals surface area contributed by atoms with Crippen molar-refractivity contribution in [3.8, 4) is 0 Å². The molecule has 15 heteroatoms. The predicted octanol–water partition coefficient (Wildman–Crippen LogP) is 0.408. The van der Waals surface area contributed by atoms with Crippen LogP contribution in [0.3, 0.4) is 0 Å². The van der Waals surface area contributed by atoms with Gasteiger partial charge in [-0.1, -0.05) is 30.3 Å². The molecule has 1 aromatic rings.